The Morgan fingerprint density at radius 3 is 2.69 bits per heavy atom. The first kappa shape index (κ1) is 10.4. The zero-order chi connectivity index (χ0) is 9.68. The van der Waals surface area contributed by atoms with Crippen LogP contribution in [0.3, 0.4) is 0 Å². The van der Waals surface area contributed by atoms with Gasteiger partial charge in [-0.05, 0) is 18.1 Å². The topological polar surface area (TPSA) is 0 Å². The number of hydrogen-bond acceptors (Lipinski definition) is 1. The van der Waals surface area contributed by atoms with Crippen LogP contribution in [-0.2, 0) is 6.42 Å². The standard InChI is InChI=1S/C10H10S.C2H6/c1-8-6-9-4-2-3-5-10(9)11-7-8;1-2/h2-5H,1,6-7H2;1-2H3. The van der Waals surface area contributed by atoms with Crippen molar-refractivity contribution in [1.82, 2.24) is 0 Å². The van der Waals surface area contributed by atoms with Gasteiger partial charge in [0.25, 0.3) is 0 Å². The van der Waals surface area contributed by atoms with Gasteiger partial charge in [-0.2, -0.15) is 0 Å². The van der Waals surface area contributed by atoms with E-state index in [2.05, 4.69) is 30.8 Å². The van der Waals surface area contributed by atoms with Gasteiger partial charge < -0.3 is 0 Å². The largest absolute Gasteiger partial charge is 0.121 e. The molecule has 1 aromatic rings. The summed E-state index contributed by atoms with van der Waals surface area (Å²) in [4.78, 5) is 1.43. The van der Waals surface area contributed by atoms with Crippen molar-refractivity contribution in [2.45, 2.75) is 25.2 Å². The van der Waals surface area contributed by atoms with Crippen molar-refractivity contribution >= 4 is 11.8 Å². The quantitative estimate of drug-likeness (QED) is 0.561. The van der Waals surface area contributed by atoms with Crippen LogP contribution < -0.4 is 0 Å². The van der Waals surface area contributed by atoms with Gasteiger partial charge in [-0.25, -0.2) is 0 Å². The van der Waals surface area contributed by atoms with Gasteiger partial charge in [0.2, 0.25) is 0 Å². The molecule has 70 valence electrons. The molecule has 0 atom stereocenters. The first-order chi connectivity index (χ1) is 6.36. The second kappa shape index (κ2) is 5.13. The van der Waals surface area contributed by atoms with Gasteiger partial charge in [0, 0.05) is 10.6 Å². The van der Waals surface area contributed by atoms with Crippen molar-refractivity contribution in [3.63, 3.8) is 0 Å². The van der Waals surface area contributed by atoms with Crippen LogP contribution in [-0.4, -0.2) is 5.75 Å². The number of thioether (sulfide) groups is 1. The van der Waals surface area contributed by atoms with Gasteiger partial charge in [-0.1, -0.05) is 44.2 Å². The highest BCUT2D eigenvalue weighted by Crippen LogP contribution is 2.31. The predicted molar refractivity (Wildman–Crippen MR) is 61.4 cm³/mol. The maximum Gasteiger partial charge on any atom is 0.0191 e. The predicted octanol–water partition coefficient (Wildman–Crippen LogP) is 3.92. The Labute approximate surface area is 85.1 Å². The molecule has 1 aliphatic rings. The van der Waals surface area contributed by atoms with Gasteiger partial charge in [0.05, 0.1) is 0 Å². The lowest BCUT2D eigenvalue weighted by Crippen LogP contribution is -2.00. The van der Waals surface area contributed by atoms with Crippen LogP contribution in [0.15, 0.2) is 41.3 Å². The zero-order valence-electron chi connectivity index (χ0n) is 8.34. The normalized spacial score (nSPS) is 14.2. The van der Waals surface area contributed by atoms with Gasteiger partial charge in [-0.3, -0.25) is 0 Å². The number of benzene rings is 1. The molecule has 0 fully saturated rings. The second-order valence-corrected chi connectivity index (χ2v) is 3.84. The molecular weight excluding hydrogens is 176 g/mol. The van der Waals surface area contributed by atoms with Crippen LogP contribution in [0.25, 0.3) is 0 Å². The molecule has 0 nitrogen and oxygen atoms in total. The van der Waals surface area contributed by atoms with Crippen LogP contribution in [0.1, 0.15) is 19.4 Å². The fourth-order valence-corrected chi connectivity index (χ4v) is 2.25. The Balaban J connectivity index is 0.000000396. The van der Waals surface area contributed by atoms with Crippen LogP contribution in [0.5, 0.6) is 0 Å². The maximum absolute atomic E-state index is 3.99. The molecule has 0 unspecified atom stereocenters. The van der Waals surface area contributed by atoms with E-state index in [4.69, 9.17) is 0 Å². The summed E-state index contributed by atoms with van der Waals surface area (Å²) in [6, 6.07) is 8.57. The molecule has 0 bridgehead atoms. The smallest absolute Gasteiger partial charge is 0.0191 e. The van der Waals surface area contributed by atoms with Gasteiger partial charge in [0.1, 0.15) is 0 Å². The molecule has 0 aliphatic carbocycles. The molecule has 2 rings (SSSR count). The number of rotatable bonds is 0. The molecule has 1 aliphatic heterocycles. The Hall–Kier alpha value is -0.690. The molecular formula is C12H16S. The molecule has 1 heterocycles. The second-order valence-electron chi connectivity index (χ2n) is 2.82. The van der Waals surface area contributed by atoms with Crippen molar-refractivity contribution in [2.75, 3.05) is 5.75 Å². The van der Waals surface area contributed by atoms with E-state index in [1.54, 1.807) is 0 Å². The highest BCUT2D eigenvalue weighted by molar-refractivity contribution is 7.99. The van der Waals surface area contributed by atoms with Crippen molar-refractivity contribution < 1.29 is 0 Å². The van der Waals surface area contributed by atoms with Gasteiger partial charge in [0.15, 0.2) is 0 Å². The number of hydrogen-bond donors (Lipinski definition) is 0. The molecule has 1 heteroatoms. The molecule has 0 spiro atoms. The molecule has 0 N–H and O–H groups in total. The highest BCUT2D eigenvalue weighted by atomic mass is 32.2. The maximum atomic E-state index is 3.99. The van der Waals surface area contributed by atoms with E-state index in [0.717, 1.165) is 12.2 Å². The van der Waals surface area contributed by atoms with E-state index < -0.39 is 0 Å². The minimum Gasteiger partial charge on any atom is -0.121 e. The molecule has 0 saturated heterocycles. The fraction of sp³-hybridized carbons (Fsp3) is 0.333. The lowest BCUT2D eigenvalue weighted by molar-refractivity contribution is 1.08. The average Bonchev–Trinajstić information content (AvgIpc) is 2.21. The van der Waals surface area contributed by atoms with Crippen molar-refractivity contribution in [2.24, 2.45) is 0 Å². The van der Waals surface area contributed by atoms with Gasteiger partial charge in [-0.15, -0.1) is 11.8 Å². The molecule has 1 aromatic carbocycles. The zero-order valence-corrected chi connectivity index (χ0v) is 9.16. The summed E-state index contributed by atoms with van der Waals surface area (Å²) >= 11 is 1.90. The molecule has 0 amide bonds. The molecule has 0 saturated carbocycles. The first-order valence-electron chi connectivity index (χ1n) is 4.73. The Morgan fingerprint density at radius 2 is 1.92 bits per heavy atom. The van der Waals surface area contributed by atoms with Gasteiger partial charge >= 0.3 is 0 Å². The first-order valence-corrected chi connectivity index (χ1v) is 5.72. The Bertz CT molecular complexity index is 289. The van der Waals surface area contributed by atoms with Crippen molar-refractivity contribution in [3.8, 4) is 0 Å². The summed E-state index contributed by atoms with van der Waals surface area (Å²) in [5, 5.41) is 0. The third-order valence-corrected chi connectivity index (χ3v) is 3.11. The molecule has 0 aromatic heterocycles. The van der Waals surface area contributed by atoms with E-state index in [0.29, 0.717) is 0 Å². The summed E-state index contributed by atoms with van der Waals surface area (Å²) in [5.74, 6) is 1.09. The summed E-state index contributed by atoms with van der Waals surface area (Å²) in [6.07, 6.45) is 1.07. The van der Waals surface area contributed by atoms with E-state index in [1.807, 2.05) is 25.6 Å². The summed E-state index contributed by atoms with van der Waals surface area (Å²) in [5.41, 5.74) is 2.78. The van der Waals surface area contributed by atoms with Crippen LogP contribution >= 0.6 is 11.8 Å². The Morgan fingerprint density at radius 1 is 1.23 bits per heavy atom. The molecule has 0 radical (unpaired) electrons. The van der Waals surface area contributed by atoms with E-state index in [1.165, 1.54) is 16.0 Å². The lowest BCUT2D eigenvalue weighted by atomic mass is 10.1. The molecule has 13 heavy (non-hydrogen) atoms. The highest BCUT2D eigenvalue weighted by Gasteiger charge is 2.09. The van der Waals surface area contributed by atoms with Crippen LogP contribution in [0.2, 0.25) is 0 Å². The minimum absolute atomic E-state index is 1.07. The van der Waals surface area contributed by atoms with E-state index in [9.17, 15) is 0 Å². The summed E-state index contributed by atoms with van der Waals surface area (Å²) < 4.78 is 0. The fourth-order valence-electron chi connectivity index (χ4n) is 1.29. The monoisotopic (exact) mass is 192 g/mol. The Kier molecular flexibility index (Phi) is 4.10. The minimum atomic E-state index is 1.07. The van der Waals surface area contributed by atoms with Crippen molar-refractivity contribution in [1.29, 1.82) is 0 Å². The van der Waals surface area contributed by atoms with Crippen LogP contribution in [0, 0.1) is 0 Å². The average molecular weight is 192 g/mol. The van der Waals surface area contributed by atoms with Crippen LogP contribution in [0.4, 0.5) is 0 Å². The van der Waals surface area contributed by atoms with Crippen molar-refractivity contribution in [3.05, 3.63) is 42.0 Å². The summed E-state index contributed by atoms with van der Waals surface area (Å²) in [6.45, 7) is 7.99. The third kappa shape index (κ3) is 2.63. The van der Waals surface area contributed by atoms with E-state index in [-0.39, 0.29) is 0 Å². The SMILES string of the molecule is C=C1CSc2ccccc2C1.CC. The summed E-state index contributed by atoms with van der Waals surface area (Å²) in [7, 11) is 0. The third-order valence-electron chi connectivity index (χ3n) is 1.84. The lowest BCUT2D eigenvalue weighted by Gasteiger charge is -2.16. The number of fused-ring (bicyclic) bond motifs is 1. The van der Waals surface area contributed by atoms with E-state index >= 15 is 0 Å².